The van der Waals surface area contributed by atoms with Gasteiger partial charge in [0, 0.05) is 7.05 Å². The molecule has 0 aliphatic rings. The van der Waals surface area contributed by atoms with E-state index < -0.39 is 0 Å². The number of amides is 2. The van der Waals surface area contributed by atoms with Crippen molar-refractivity contribution in [1.29, 1.82) is 0 Å². The van der Waals surface area contributed by atoms with E-state index >= 15 is 0 Å². The molecule has 1 N–H and O–H groups in total. The van der Waals surface area contributed by atoms with E-state index in [-0.39, 0.29) is 6.03 Å². The summed E-state index contributed by atoms with van der Waals surface area (Å²) in [7, 11) is 1.59. The van der Waals surface area contributed by atoms with E-state index in [9.17, 15) is 4.79 Å². The number of aryl methyl sites for hydroxylation is 2. The van der Waals surface area contributed by atoms with Crippen LogP contribution in [0.2, 0.25) is 0 Å². The summed E-state index contributed by atoms with van der Waals surface area (Å²) >= 11 is 4.17. The number of thiol groups is 1. The third-order valence-corrected chi connectivity index (χ3v) is 2.65. The van der Waals surface area contributed by atoms with Crippen LogP contribution in [0.25, 0.3) is 0 Å². The van der Waals surface area contributed by atoms with Gasteiger partial charge in [-0.1, -0.05) is 37.4 Å². The van der Waals surface area contributed by atoms with Gasteiger partial charge in [0.05, 0.1) is 5.69 Å². The maximum Gasteiger partial charge on any atom is 0.331 e. The molecule has 0 saturated heterocycles. The van der Waals surface area contributed by atoms with Crippen molar-refractivity contribution in [3.63, 3.8) is 0 Å². The highest BCUT2D eigenvalue weighted by Gasteiger charge is 2.13. The normalized spacial score (nSPS) is 9.87. The molecule has 0 aliphatic heterocycles. The van der Waals surface area contributed by atoms with Crippen molar-refractivity contribution >= 4 is 24.5 Å². The van der Waals surface area contributed by atoms with E-state index in [0.29, 0.717) is 0 Å². The average Bonchev–Trinajstić information content (AvgIpc) is 2.26. The van der Waals surface area contributed by atoms with Gasteiger partial charge in [-0.05, 0) is 25.0 Å². The van der Waals surface area contributed by atoms with Crippen LogP contribution in [0.4, 0.5) is 10.5 Å². The Morgan fingerprint density at radius 2 is 2.20 bits per heavy atom. The van der Waals surface area contributed by atoms with Crippen molar-refractivity contribution in [3.8, 4) is 0 Å². The molecule has 0 heterocycles. The van der Waals surface area contributed by atoms with Crippen LogP contribution in [0.5, 0.6) is 0 Å². The number of anilines is 1. The summed E-state index contributed by atoms with van der Waals surface area (Å²) in [5.74, 6) is 0. The summed E-state index contributed by atoms with van der Waals surface area (Å²) in [5, 5.41) is 2.54. The Kier molecular flexibility index (Phi) is 4.03. The zero-order chi connectivity index (χ0) is 11.4. The number of benzene rings is 1. The molecule has 0 saturated carbocycles. The topological polar surface area (TPSA) is 32.3 Å². The summed E-state index contributed by atoms with van der Waals surface area (Å²) < 4.78 is 1.33. The predicted molar refractivity (Wildman–Crippen MR) is 66.5 cm³/mol. The minimum atomic E-state index is -0.225. The molecule has 0 bridgehead atoms. The SMILES string of the molecule is CCc1cc(C)ccc1N(S)C(=O)NC. The number of hydrogen-bond donors (Lipinski definition) is 2. The molecule has 3 nitrogen and oxygen atoms in total. The lowest BCUT2D eigenvalue weighted by molar-refractivity contribution is 0.252. The molecule has 0 aliphatic carbocycles. The van der Waals surface area contributed by atoms with Gasteiger partial charge in [0.2, 0.25) is 0 Å². The molecule has 4 heteroatoms. The van der Waals surface area contributed by atoms with Crippen LogP contribution < -0.4 is 9.62 Å². The van der Waals surface area contributed by atoms with Crippen LogP contribution in [0, 0.1) is 6.92 Å². The Balaban J connectivity index is 3.07. The number of urea groups is 1. The van der Waals surface area contributed by atoms with Crippen LogP contribution in [-0.2, 0) is 6.42 Å². The van der Waals surface area contributed by atoms with Gasteiger partial charge < -0.3 is 5.32 Å². The number of rotatable bonds is 2. The lowest BCUT2D eigenvalue weighted by Crippen LogP contribution is -2.31. The number of nitrogens with zero attached hydrogens (tertiary/aromatic N) is 1. The Morgan fingerprint density at radius 3 is 2.73 bits per heavy atom. The molecule has 0 atom stereocenters. The Bertz CT molecular complexity index is 366. The summed E-state index contributed by atoms with van der Waals surface area (Å²) in [5.41, 5.74) is 3.15. The minimum Gasteiger partial charge on any atom is -0.340 e. The number of carbonyl (C=O) groups excluding carboxylic acids is 1. The molecule has 0 radical (unpaired) electrons. The first kappa shape index (κ1) is 11.9. The van der Waals surface area contributed by atoms with Gasteiger partial charge in [0.15, 0.2) is 0 Å². The highest BCUT2D eigenvalue weighted by atomic mass is 32.1. The fourth-order valence-corrected chi connectivity index (χ4v) is 1.71. The van der Waals surface area contributed by atoms with Crippen LogP contribution in [0.3, 0.4) is 0 Å². The molecule has 1 aromatic rings. The largest absolute Gasteiger partial charge is 0.340 e. The van der Waals surface area contributed by atoms with Crippen molar-refractivity contribution in [3.05, 3.63) is 29.3 Å². The highest BCUT2D eigenvalue weighted by molar-refractivity contribution is 7.82. The Morgan fingerprint density at radius 1 is 1.53 bits per heavy atom. The monoisotopic (exact) mass is 224 g/mol. The lowest BCUT2D eigenvalue weighted by Gasteiger charge is -2.18. The van der Waals surface area contributed by atoms with E-state index in [2.05, 4.69) is 31.1 Å². The smallest absolute Gasteiger partial charge is 0.331 e. The quantitative estimate of drug-likeness (QED) is 0.743. The van der Waals surface area contributed by atoms with E-state index in [1.165, 1.54) is 9.87 Å². The maximum atomic E-state index is 11.4. The van der Waals surface area contributed by atoms with Crippen molar-refractivity contribution in [2.24, 2.45) is 0 Å². The lowest BCUT2D eigenvalue weighted by atomic mass is 10.1. The molecular formula is C11H16N2OS. The van der Waals surface area contributed by atoms with Crippen LogP contribution in [0.1, 0.15) is 18.1 Å². The fourth-order valence-electron chi connectivity index (χ4n) is 1.42. The van der Waals surface area contributed by atoms with Crippen molar-refractivity contribution in [1.82, 2.24) is 5.32 Å². The minimum absolute atomic E-state index is 0.225. The number of carbonyl (C=O) groups is 1. The summed E-state index contributed by atoms with van der Waals surface area (Å²) in [6, 6.07) is 5.73. The number of hydrogen-bond acceptors (Lipinski definition) is 2. The summed E-state index contributed by atoms with van der Waals surface area (Å²) in [6.45, 7) is 4.09. The molecule has 82 valence electrons. The average molecular weight is 224 g/mol. The van der Waals surface area contributed by atoms with Crippen LogP contribution in [-0.4, -0.2) is 13.1 Å². The molecule has 0 fully saturated rings. The van der Waals surface area contributed by atoms with Gasteiger partial charge in [-0.3, -0.25) is 0 Å². The van der Waals surface area contributed by atoms with Gasteiger partial charge in [-0.15, -0.1) is 0 Å². The molecule has 2 amide bonds. The van der Waals surface area contributed by atoms with E-state index in [1.54, 1.807) is 7.05 Å². The summed E-state index contributed by atoms with van der Waals surface area (Å²) in [4.78, 5) is 11.4. The van der Waals surface area contributed by atoms with Gasteiger partial charge >= 0.3 is 6.03 Å². The third kappa shape index (κ3) is 2.65. The molecule has 1 aromatic carbocycles. The first-order valence-electron chi connectivity index (χ1n) is 4.90. The second-order valence-corrected chi connectivity index (χ2v) is 3.75. The van der Waals surface area contributed by atoms with Crippen molar-refractivity contribution in [2.45, 2.75) is 20.3 Å². The van der Waals surface area contributed by atoms with Gasteiger partial charge in [-0.25, -0.2) is 9.10 Å². The van der Waals surface area contributed by atoms with Gasteiger partial charge in [0.1, 0.15) is 0 Å². The van der Waals surface area contributed by atoms with Crippen molar-refractivity contribution < 1.29 is 4.79 Å². The molecule has 1 rings (SSSR count). The Labute approximate surface area is 96.0 Å². The zero-order valence-electron chi connectivity index (χ0n) is 9.24. The van der Waals surface area contributed by atoms with Crippen LogP contribution >= 0.6 is 12.8 Å². The molecule has 0 aromatic heterocycles. The Hall–Kier alpha value is -1.16. The second-order valence-electron chi connectivity index (χ2n) is 3.35. The maximum absolute atomic E-state index is 11.4. The van der Waals surface area contributed by atoms with E-state index in [1.807, 2.05) is 19.1 Å². The predicted octanol–water partition coefficient (Wildman–Crippen LogP) is 2.55. The zero-order valence-corrected chi connectivity index (χ0v) is 10.1. The molecule has 15 heavy (non-hydrogen) atoms. The van der Waals surface area contributed by atoms with Crippen molar-refractivity contribution in [2.75, 3.05) is 11.4 Å². The highest BCUT2D eigenvalue weighted by Crippen LogP contribution is 2.23. The van der Waals surface area contributed by atoms with Gasteiger partial charge in [-0.2, -0.15) is 0 Å². The van der Waals surface area contributed by atoms with E-state index in [4.69, 9.17) is 0 Å². The molecule has 0 unspecified atom stereocenters. The molecular weight excluding hydrogens is 208 g/mol. The van der Waals surface area contributed by atoms with Crippen LogP contribution in [0.15, 0.2) is 18.2 Å². The first-order chi connectivity index (χ1) is 7.10. The second kappa shape index (κ2) is 5.07. The molecule has 0 spiro atoms. The van der Waals surface area contributed by atoms with E-state index in [0.717, 1.165) is 17.7 Å². The summed E-state index contributed by atoms with van der Waals surface area (Å²) in [6.07, 6.45) is 0.880. The first-order valence-corrected chi connectivity index (χ1v) is 5.30. The standard InChI is InChI=1S/C11H16N2OS/c1-4-9-7-8(2)5-6-10(9)13(15)11(14)12-3/h5-7,15H,4H2,1-3H3,(H,12,14). The van der Waals surface area contributed by atoms with Gasteiger partial charge in [0.25, 0.3) is 0 Å². The number of nitrogens with one attached hydrogen (secondary N) is 1. The third-order valence-electron chi connectivity index (χ3n) is 2.25. The fraction of sp³-hybridized carbons (Fsp3) is 0.364.